The lowest BCUT2D eigenvalue weighted by Gasteiger charge is -2.35. The van der Waals surface area contributed by atoms with E-state index in [0.717, 1.165) is 18.3 Å². The van der Waals surface area contributed by atoms with E-state index in [1.165, 1.54) is 21.6 Å². The van der Waals surface area contributed by atoms with Gasteiger partial charge in [0.05, 0.1) is 12.1 Å². The zero-order valence-electron chi connectivity index (χ0n) is 18.8. The highest BCUT2D eigenvalue weighted by Crippen LogP contribution is 2.45. The van der Waals surface area contributed by atoms with Crippen LogP contribution in [0.25, 0.3) is 11.0 Å². The molecule has 5 rings (SSSR count). The number of fused-ring (bicyclic) bond motifs is 1. The Balaban J connectivity index is 1.54. The number of halogens is 6. The molecule has 4 heterocycles. The Morgan fingerprint density at radius 3 is 2.35 bits per heavy atom. The van der Waals surface area contributed by atoms with E-state index in [2.05, 4.69) is 25.1 Å². The third-order valence-corrected chi connectivity index (χ3v) is 6.44. The van der Waals surface area contributed by atoms with Crippen LogP contribution >= 0.6 is 0 Å². The van der Waals surface area contributed by atoms with E-state index in [1.807, 2.05) is 6.07 Å². The molecule has 0 spiro atoms. The Kier molecular flexibility index (Phi) is 5.57. The van der Waals surface area contributed by atoms with Gasteiger partial charge in [0.15, 0.2) is 17.0 Å². The van der Waals surface area contributed by atoms with Crippen molar-refractivity contribution in [1.29, 1.82) is 5.26 Å². The molecule has 9 nitrogen and oxygen atoms in total. The van der Waals surface area contributed by atoms with Gasteiger partial charge >= 0.3 is 12.4 Å². The molecule has 192 valence electrons. The van der Waals surface area contributed by atoms with Crippen molar-refractivity contribution >= 4 is 11.0 Å². The number of nitrogens with one attached hydrogen (secondary N) is 1. The number of hydrogen-bond donors (Lipinski definition) is 1. The predicted molar refractivity (Wildman–Crippen MR) is 114 cm³/mol. The fourth-order valence-electron chi connectivity index (χ4n) is 4.34. The largest absolute Gasteiger partial charge is 0.435 e. The molecule has 15 heteroatoms. The van der Waals surface area contributed by atoms with E-state index in [-0.39, 0.29) is 22.6 Å². The van der Waals surface area contributed by atoms with Gasteiger partial charge in [0.25, 0.3) is 5.56 Å². The summed E-state index contributed by atoms with van der Waals surface area (Å²) in [6, 6.07) is 3.47. The van der Waals surface area contributed by atoms with Crippen molar-refractivity contribution in [2.45, 2.75) is 50.1 Å². The van der Waals surface area contributed by atoms with Gasteiger partial charge in [0.2, 0.25) is 0 Å². The minimum Gasteiger partial charge on any atom is -0.309 e. The molecule has 0 amide bonds. The first-order valence-corrected chi connectivity index (χ1v) is 11.0. The van der Waals surface area contributed by atoms with Gasteiger partial charge in [0.1, 0.15) is 23.0 Å². The highest BCUT2D eigenvalue weighted by molar-refractivity contribution is 5.80. The maximum atomic E-state index is 13.0. The summed E-state index contributed by atoms with van der Waals surface area (Å²) < 4.78 is 80.1. The highest BCUT2D eigenvalue weighted by atomic mass is 19.4. The van der Waals surface area contributed by atoms with E-state index in [9.17, 15) is 36.4 Å². The van der Waals surface area contributed by atoms with Gasteiger partial charge < -0.3 is 4.98 Å². The molecule has 37 heavy (non-hydrogen) atoms. The Hall–Kier alpha value is -4.22. The summed E-state index contributed by atoms with van der Waals surface area (Å²) in [5.74, 6) is -0.281. The fraction of sp³-hybridized carbons (Fsp3) is 0.364. The Labute approximate surface area is 203 Å². The average Bonchev–Trinajstić information content (AvgIpc) is 3.43. The normalized spacial score (nSPS) is 19.0. The van der Waals surface area contributed by atoms with Gasteiger partial charge in [-0.3, -0.25) is 14.5 Å². The molecular weight excluding hydrogens is 506 g/mol. The second-order valence-corrected chi connectivity index (χ2v) is 8.64. The average molecular weight is 522 g/mol. The van der Waals surface area contributed by atoms with Crippen molar-refractivity contribution in [1.82, 2.24) is 34.5 Å². The first kappa shape index (κ1) is 24.5. The maximum absolute atomic E-state index is 13.0. The second-order valence-electron chi connectivity index (χ2n) is 8.64. The van der Waals surface area contributed by atoms with Gasteiger partial charge in [-0.15, -0.1) is 0 Å². The summed E-state index contributed by atoms with van der Waals surface area (Å²) in [4.78, 5) is 23.5. The lowest BCUT2D eigenvalue weighted by Crippen LogP contribution is -2.31. The first-order chi connectivity index (χ1) is 17.4. The molecule has 1 fully saturated rings. The van der Waals surface area contributed by atoms with Crippen LogP contribution in [0.2, 0.25) is 0 Å². The molecule has 1 aliphatic rings. The number of nitrogens with zero attached hydrogens (tertiary/aromatic N) is 7. The van der Waals surface area contributed by atoms with Crippen LogP contribution in [-0.4, -0.2) is 34.5 Å². The molecule has 4 aromatic heterocycles. The molecule has 1 aliphatic carbocycles. The van der Waals surface area contributed by atoms with E-state index >= 15 is 0 Å². The molecule has 0 bridgehead atoms. The molecule has 1 N–H and O–H groups in total. The van der Waals surface area contributed by atoms with Crippen LogP contribution in [0.4, 0.5) is 26.3 Å². The quantitative estimate of drug-likeness (QED) is 0.398. The third kappa shape index (κ3) is 4.21. The molecule has 0 aliphatic heterocycles. The van der Waals surface area contributed by atoms with Crippen LogP contribution in [-0.2, 0) is 12.4 Å². The van der Waals surface area contributed by atoms with Crippen LogP contribution in [0, 0.1) is 11.3 Å². The van der Waals surface area contributed by atoms with Crippen molar-refractivity contribution in [3.8, 4) is 6.07 Å². The Bertz CT molecular complexity index is 1570. The van der Waals surface area contributed by atoms with E-state index in [1.54, 1.807) is 6.92 Å². The smallest absolute Gasteiger partial charge is 0.309 e. The van der Waals surface area contributed by atoms with Crippen molar-refractivity contribution in [2.75, 3.05) is 0 Å². The predicted octanol–water partition coefficient (Wildman–Crippen LogP) is 4.35. The minimum atomic E-state index is -4.62. The molecule has 3 unspecified atom stereocenters. The van der Waals surface area contributed by atoms with Gasteiger partial charge in [-0.2, -0.15) is 41.8 Å². The number of pyridine rings is 1. The summed E-state index contributed by atoms with van der Waals surface area (Å²) in [5, 5.41) is 17.2. The summed E-state index contributed by atoms with van der Waals surface area (Å²) in [6.45, 7) is 1.59. The summed E-state index contributed by atoms with van der Waals surface area (Å²) in [5.41, 5.74) is -2.66. The zero-order valence-corrected chi connectivity index (χ0v) is 18.8. The molecule has 0 saturated heterocycles. The molecular formula is C22H16F6N8O. The van der Waals surface area contributed by atoms with E-state index in [4.69, 9.17) is 0 Å². The van der Waals surface area contributed by atoms with Crippen molar-refractivity contribution in [3.05, 3.63) is 69.4 Å². The number of H-pyrrole nitrogens is 1. The van der Waals surface area contributed by atoms with Gasteiger partial charge in [0, 0.05) is 18.3 Å². The number of alkyl halides is 6. The van der Waals surface area contributed by atoms with Crippen molar-refractivity contribution in [2.24, 2.45) is 0 Å². The molecule has 1 saturated carbocycles. The van der Waals surface area contributed by atoms with Gasteiger partial charge in [-0.1, -0.05) is 6.07 Å². The van der Waals surface area contributed by atoms with Gasteiger partial charge in [-0.05, 0) is 37.5 Å². The lowest BCUT2D eigenvalue weighted by atomic mass is 9.79. The van der Waals surface area contributed by atoms with Crippen LogP contribution < -0.4 is 5.56 Å². The first-order valence-electron chi connectivity index (χ1n) is 11.0. The monoisotopic (exact) mass is 522 g/mol. The molecule has 0 radical (unpaired) electrons. The SMILES string of the molecule is CC(c1ccc(C(F)(F)F)nc1)n1nc(C#N)c2c(=O)[nH]c(C3CCC3n3ccc(C(F)(F)F)n3)nc21. The highest BCUT2D eigenvalue weighted by Gasteiger charge is 2.40. The van der Waals surface area contributed by atoms with Crippen LogP contribution in [0.5, 0.6) is 0 Å². The zero-order chi connectivity index (χ0) is 26.7. The van der Waals surface area contributed by atoms with E-state index < -0.39 is 47.3 Å². The number of aromatic nitrogens is 7. The van der Waals surface area contributed by atoms with Crippen molar-refractivity contribution in [3.63, 3.8) is 0 Å². The number of aromatic amines is 1. The van der Waals surface area contributed by atoms with Crippen LogP contribution in [0.15, 0.2) is 35.4 Å². The minimum absolute atomic E-state index is 0.0183. The fourth-order valence-corrected chi connectivity index (χ4v) is 4.34. The lowest BCUT2D eigenvalue weighted by molar-refractivity contribution is -0.142. The Morgan fingerprint density at radius 1 is 1.08 bits per heavy atom. The second kappa shape index (κ2) is 8.43. The maximum Gasteiger partial charge on any atom is 0.435 e. The summed E-state index contributed by atoms with van der Waals surface area (Å²) >= 11 is 0. The topological polar surface area (TPSA) is 118 Å². The van der Waals surface area contributed by atoms with E-state index in [0.29, 0.717) is 18.4 Å². The van der Waals surface area contributed by atoms with Crippen LogP contribution in [0.1, 0.15) is 66.2 Å². The summed E-state index contributed by atoms with van der Waals surface area (Å²) in [6.07, 6.45) is -5.96. The number of rotatable bonds is 4. The third-order valence-electron chi connectivity index (χ3n) is 6.44. The van der Waals surface area contributed by atoms with Crippen LogP contribution in [0.3, 0.4) is 0 Å². The molecule has 4 aromatic rings. The van der Waals surface area contributed by atoms with Gasteiger partial charge in [-0.25, -0.2) is 9.67 Å². The Morgan fingerprint density at radius 2 is 1.81 bits per heavy atom. The molecule has 3 atom stereocenters. The molecule has 0 aromatic carbocycles. The summed E-state index contributed by atoms with van der Waals surface area (Å²) in [7, 11) is 0. The standard InChI is InChI=1S/C22H16F6N8O/c1-10(11-2-5-15(30-9-11)21(23,24)25)36-19-17(13(8-29)33-36)20(37)32-18(31-19)12-3-4-14(12)35-7-6-16(34-35)22(26,27)28/h2,5-7,9-10,12,14H,3-4H2,1H3,(H,31,32,37). The number of hydrogen-bond acceptors (Lipinski definition) is 6. The number of nitriles is 1. The van der Waals surface area contributed by atoms with Crippen molar-refractivity contribution < 1.29 is 26.3 Å².